The van der Waals surface area contributed by atoms with Crippen molar-refractivity contribution >= 4 is 5.91 Å². The second-order valence-electron chi connectivity index (χ2n) is 8.88. The maximum absolute atomic E-state index is 12.6. The fraction of sp³-hybridized carbons (Fsp3) is 0.810. The number of nitrogens with one attached hydrogen (secondary N) is 2. The van der Waals surface area contributed by atoms with Crippen LogP contribution in [-0.4, -0.2) is 30.2 Å². The van der Waals surface area contributed by atoms with E-state index in [1.54, 1.807) is 6.20 Å². The van der Waals surface area contributed by atoms with Gasteiger partial charge < -0.3 is 15.7 Å². The first-order valence-corrected chi connectivity index (χ1v) is 10.3. The van der Waals surface area contributed by atoms with Crippen molar-refractivity contribution in [2.45, 2.75) is 70.8 Å². The molecule has 0 aromatic rings. The highest BCUT2D eigenvalue weighted by Gasteiger charge is 2.53. The summed E-state index contributed by atoms with van der Waals surface area (Å²) in [5.74, 6) is 2.31. The summed E-state index contributed by atoms with van der Waals surface area (Å²) < 4.78 is 0. The van der Waals surface area contributed by atoms with E-state index in [2.05, 4.69) is 17.6 Å². The molecule has 4 aliphatic carbocycles. The van der Waals surface area contributed by atoms with Gasteiger partial charge in [-0.2, -0.15) is 5.26 Å². The Balaban J connectivity index is 1.52. The summed E-state index contributed by atoms with van der Waals surface area (Å²) in [5.41, 5.74) is 0.409. The lowest BCUT2D eigenvalue weighted by Crippen LogP contribution is -2.56. The molecule has 0 heterocycles. The van der Waals surface area contributed by atoms with E-state index < -0.39 is 0 Å². The number of aliphatic hydroxyl groups excluding tert-OH is 1. The Hall–Kier alpha value is -1.54. The Morgan fingerprint density at radius 1 is 1.19 bits per heavy atom. The summed E-state index contributed by atoms with van der Waals surface area (Å²) in [4.78, 5) is 12.6. The Morgan fingerprint density at radius 3 is 2.35 bits per heavy atom. The Morgan fingerprint density at radius 2 is 1.81 bits per heavy atom. The van der Waals surface area contributed by atoms with Crippen LogP contribution >= 0.6 is 0 Å². The number of aliphatic hydroxyl groups is 1. The molecule has 0 aliphatic heterocycles. The maximum Gasteiger partial charge on any atom is 0.263 e. The van der Waals surface area contributed by atoms with Crippen LogP contribution in [0.15, 0.2) is 11.8 Å². The number of nitrogens with zero attached hydrogens (tertiary/aromatic N) is 1. The fourth-order valence-electron chi connectivity index (χ4n) is 5.97. The number of hydrogen-bond donors (Lipinski definition) is 3. The molecule has 26 heavy (non-hydrogen) atoms. The normalized spacial score (nSPS) is 33.6. The zero-order valence-electron chi connectivity index (χ0n) is 16.0. The highest BCUT2D eigenvalue weighted by molar-refractivity contribution is 5.97. The molecule has 4 saturated carbocycles. The standard InChI is InChI=1S/C21H33N3O2/c1-15(21-10-16-7-17(11-21)9-18(8-16)12-21)24-20(26)19(13-22)14-23-5-3-2-4-6-25/h14-18,23,25H,2-12H2,1H3,(H,24,26)/b19-14-. The smallest absolute Gasteiger partial charge is 0.263 e. The van der Waals surface area contributed by atoms with Gasteiger partial charge in [-0.15, -0.1) is 0 Å². The minimum Gasteiger partial charge on any atom is -0.396 e. The highest BCUT2D eigenvalue weighted by atomic mass is 16.2. The van der Waals surface area contributed by atoms with Crippen LogP contribution in [0.1, 0.15) is 64.7 Å². The van der Waals surface area contributed by atoms with Crippen molar-refractivity contribution in [2.24, 2.45) is 23.2 Å². The molecule has 0 saturated heterocycles. The van der Waals surface area contributed by atoms with Gasteiger partial charge in [-0.3, -0.25) is 4.79 Å². The number of hydrogen-bond acceptors (Lipinski definition) is 4. The molecule has 1 amide bonds. The van der Waals surface area contributed by atoms with Gasteiger partial charge in [0, 0.05) is 25.4 Å². The van der Waals surface area contributed by atoms with Crippen LogP contribution in [0.3, 0.4) is 0 Å². The lowest BCUT2D eigenvalue weighted by Gasteiger charge is -2.59. The first-order valence-electron chi connectivity index (χ1n) is 10.3. The van der Waals surface area contributed by atoms with E-state index in [1.807, 2.05) is 6.07 Å². The van der Waals surface area contributed by atoms with Crippen molar-refractivity contribution in [3.05, 3.63) is 11.8 Å². The third-order valence-corrected chi connectivity index (χ3v) is 6.94. The van der Waals surface area contributed by atoms with E-state index in [9.17, 15) is 10.1 Å². The molecule has 3 N–H and O–H groups in total. The van der Waals surface area contributed by atoms with Gasteiger partial charge in [-0.1, -0.05) is 0 Å². The van der Waals surface area contributed by atoms with Gasteiger partial charge in [0.1, 0.15) is 11.6 Å². The van der Waals surface area contributed by atoms with Gasteiger partial charge in [0.2, 0.25) is 0 Å². The molecule has 4 fully saturated rings. The van der Waals surface area contributed by atoms with Crippen molar-refractivity contribution in [3.63, 3.8) is 0 Å². The molecule has 4 rings (SSSR count). The molecule has 1 unspecified atom stereocenters. The van der Waals surface area contributed by atoms with Gasteiger partial charge in [0.15, 0.2) is 0 Å². The minimum absolute atomic E-state index is 0.129. The van der Waals surface area contributed by atoms with E-state index in [-0.39, 0.29) is 29.5 Å². The lowest BCUT2D eigenvalue weighted by atomic mass is 9.48. The second-order valence-corrected chi connectivity index (χ2v) is 8.88. The largest absolute Gasteiger partial charge is 0.396 e. The van der Waals surface area contributed by atoms with Gasteiger partial charge >= 0.3 is 0 Å². The minimum atomic E-state index is -0.251. The first kappa shape index (κ1) is 19.2. The molecule has 0 aromatic heterocycles. The van der Waals surface area contributed by atoms with Crippen molar-refractivity contribution < 1.29 is 9.90 Å². The molecule has 5 heteroatoms. The molecule has 144 valence electrons. The molecule has 4 bridgehead atoms. The quantitative estimate of drug-likeness (QED) is 0.336. The van der Waals surface area contributed by atoms with Gasteiger partial charge in [0.05, 0.1) is 0 Å². The molecule has 1 atom stereocenters. The molecular formula is C21H33N3O2. The molecule has 0 aromatic carbocycles. The number of carbonyl (C=O) groups is 1. The molecule has 5 nitrogen and oxygen atoms in total. The fourth-order valence-corrected chi connectivity index (χ4v) is 5.97. The Kier molecular flexibility index (Phi) is 6.24. The average molecular weight is 360 g/mol. The summed E-state index contributed by atoms with van der Waals surface area (Å²) in [6.45, 7) is 3.06. The summed E-state index contributed by atoms with van der Waals surface area (Å²) in [6, 6.07) is 2.16. The van der Waals surface area contributed by atoms with Crippen LogP contribution in [-0.2, 0) is 4.79 Å². The predicted molar refractivity (Wildman–Crippen MR) is 101 cm³/mol. The van der Waals surface area contributed by atoms with Crippen molar-refractivity contribution in [1.82, 2.24) is 10.6 Å². The van der Waals surface area contributed by atoms with Gasteiger partial charge in [-0.05, 0) is 87.9 Å². The van der Waals surface area contributed by atoms with E-state index in [4.69, 9.17) is 5.11 Å². The third-order valence-electron chi connectivity index (χ3n) is 6.94. The van der Waals surface area contributed by atoms with Gasteiger partial charge in [0.25, 0.3) is 5.91 Å². The lowest BCUT2D eigenvalue weighted by molar-refractivity contribution is -0.122. The maximum atomic E-state index is 12.6. The SMILES string of the molecule is CC(NC(=O)/C(C#N)=C\NCCCCCO)C12CC3CC(CC(C3)C1)C2. The number of carbonyl (C=O) groups excluding carboxylic acids is 1. The molecule has 0 radical (unpaired) electrons. The zero-order valence-corrected chi connectivity index (χ0v) is 16.0. The number of rotatable bonds is 9. The summed E-state index contributed by atoms with van der Waals surface area (Å²) in [7, 11) is 0. The van der Waals surface area contributed by atoms with E-state index in [0.29, 0.717) is 6.54 Å². The number of unbranched alkanes of at least 4 members (excludes halogenated alkanes) is 2. The van der Waals surface area contributed by atoms with E-state index >= 15 is 0 Å². The predicted octanol–water partition coefficient (Wildman–Crippen LogP) is 2.87. The zero-order chi connectivity index (χ0) is 18.6. The molecular weight excluding hydrogens is 326 g/mol. The van der Waals surface area contributed by atoms with Crippen LogP contribution in [0.25, 0.3) is 0 Å². The monoisotopic (exact) mass is 359 g/mol. The van der Waals surface area contributed by atoms with Crippen LogP contribution in [0, 0.1) is 34.5 Å². The van der Waals surface area contributed by atoms with E-state index in [0.717, 1.165) is 37.0 Å². The van der Waals surface area contributed by atoms with Crippen molar-refractivity contribution in [3.8, 4) is 6.07 Å². The molecule has 4 aliphatic rings. The van der Waals surface area contributed by atoms with Crippen LogP contribution in [0.2, 0.25) is 0 Å². The first-order chi connectivity index (χ1) is 12.6. The van der Waals surface area contributed by atoms with Gasteiger partial charge in [-0.25, -0.2) is 0 Å². The summed E-state index contributed by atoms with van der Waals surface area (Å²) in [5, 5.41) is 24.3. The second kappa shape index (κ2) is 8.43. The van der Waals surface area contributed by atoms with Crippen molar-refractivity contribution in [1.29, 1.82) is 5.26 Å². The topological polar surface area (TPSA) is 85.2 Å². The molecule has 0 spiro atoms. The summed E-state index contributed by atoms with van der Waals surface area (Å²) >= 11 is 0. The average Bonchev–Trinajstić information content (AvgIpc) is 2.60. The summed E-state index contributed by atoms with van der Waals surface area (Å²) in [6.07, 6.45) is 12.1. The van der Waals surface area contributed by atoms with Crippen LogP contribution in [0.4, 0.5) is 0 Å². The van der Waals surface area contributed by atoms with Crippen molar-refractivity contribution in [2.75, 3.05) is 13.2 Å². The highest BCUT2D eigenvalue weighted by Crippen LogP contribution is 2.61. The van der Waals surface area contributed by atoms with E-state index in [1.165, 1.54) is 38.5 Å². The van der Waals surface area contributed by atoms with Crippen LogP contribution in [0.5, 0.6) is 0 Å². The Labute approximate surface area is 157 Å². The van der Waals surface area contributed by atoms with Crippen LogP contribution < -0.4 is 10.6 Å². The number of nitriles is 1. The Bertz CT molecular complexity index is 543. The third kappa shape index (κ3) is 4.23. The number of amides is 1.